The lowest BCUT2D eigenvalue weighted by atomic mass is 10.3. The van der Waals surface area contributed by atoms with Crippen LogP contribution in [0.2, 0.25) is 0 Å². The van der Waals surface area contributed by atoms with Gasteiger partial charge in [-0.1, -0.05) is 6.07 Å². The summed E-state index contributed by atoms with van der Waals surface area (Å²) in [6.45, 7) is 1.94. The summed E-state index contributed by atoms with van der Waals surface area (Å²) in [5, 5.41) is 10.8. The Kier molecular flexibility index (Phi) is 6.40. The van der Waals surface area contributed by atoms with Crippen molar-refractivity contribution in [2.75, 3.05) is 39.3 Å². The van der Waals surface area contributed by atoms with Crippen LogP contribution >= 0.6 is 0 Å². The number of sulfonamides is 1. The molecule has 3 rings (SSSR count). The number of nitrogens with zero attached hydrogens (tertiary/aromatic N) is 3. The van der Waals surface area contributed by atoms with Crippen LogP contribution < -0.4 is 4.74 Å². The van der Waals surface area contributed by atoms with Crippen molar-refractivity contribution >= 4 is 15.7 Å². The van der Waals surface area contributed by atoms with E-state index in [1.54, 1.807) is 6.07 Å². The molecule has 1 fully saturated rings. The fourth-order valence-electron chi connectivity index (χ4n) is 3.00. The SMILES string of the molecule is O=[N+]([O-])c1cccc(OCCN2CCN(S(=O)(=O)c3ccc(F)cc3F)CC2)c1. The van der Waals surface area contributed by atoms with Gasteiger partial charge < -0.3 is 4.74 Å². The molecule has 1 heterocycles. The molecule has 0 spiro atoms. The standard InChI is InChI=1S/C18H19F2N3O5S/c19-14-4-5-18(17(20)12-14)29(26,27)22-8-6-21(7-9-22)10-11-28-16-3-1-2-15(13-16)23(24)25/h1-5,12-13H,6-11H2. The molecular formula is C18H19F2N3O5S. The van der Waals surface area contributed by atoms with Gasteiger partial charge >= 0.3 is 0 Å². The molecule has 8 nitrogen and oxygen atoms in total. The third-order valence-electron chi connectivity index (χ3n) is 4.55. The molecule has 156 valence electrons. The minimum absolute atomic E-state index is 0.0608. The zero-order chi connectivity index (χ0) is 21.0. The summed E-state index contributed by atoms with van der Waals surface area (Å²) < 4.78 is 58.7. The fourth-order valence-corrected chi connectivity index (χ4v) is 4.46. The third kappa shape index (κ3) is 5.05. The van der Waals surface area contributed by atoms with Crippen molar-refractivity contribution in [3.63, 3.8) is 0 Å². The highest BCUT2D eigenvalue weighted by atomic mass is 32.2. The lowest BCUT2D eigenvalue weighted by Gasteiger charge is -2.33. The summed E-state index contributed by atoms with van der Waals surface area (Å²) in [7, 11) is -4.04. The zero-order valence-electron chi connectivity index (χ0n) is 15.3. The van der Waals surface area contributed by atoms with Gasteiger partial charge in [0, 0.05) is 44.9 Å². The Morgan fingerprint density at radius 1 is 1.07 bits per heavy atom. The number of benzene rings is 2. The van der Waals surface area contributed by atoms with E-state index in [1.165, 1.54) is 22.5 Å². The van der Waals surface area contributed by atoms with E-state index in [9.17, 15) is 27.3 Å². The van der Waals surface area contributed by atoms with Gasteiger partial charge in [-0.15, -0.1) is 0 Å². The first-order valence-electron chi connectivity index (χ1n) is 8.82. The highest BCUT2D eigenvalue weighted by Crippen LogP contribution is 2.22. The third-order valence-corrected chi connectivity index (χ3v) is 6.48. The molecule has 0 atom stereocenters. The largest absolute Gasteiger partial charge is 0.492 e. The number of piperazine rings is 1. The second-order valence-electron chi connectivity index (χ2n) is 6.42. The van der Waals surface area contributed by atoms with Crippen molar-refractivity contribution < 1.29 is 26.9 Å². The first-order chi connectivity index (χ1) is 13.8. The number of non-ortho nitro benzene ring substituents is 1. The van der Waals surface area contributed by atoms with E-state index in [-0.39, 0.29) is 25.4 Å². The highest BCUT2D eigenvalue weighted by Gasteiger charge is 2.30. The molecule has 0 saturated carbocycles. The van der Waals surface area contributed by atoms with Gasteiger partial charge in [-0.25, -0.2) is 17.2 Å². The van der Waals surface area contributed by atoms with Gasteiger partial charge in [-0.05, 0) is 18.2 Å². The van der Waals surface area contributed by atoms with E-state index < -0.39 is 31.5 Å². The van der Waals surface area contributed by atoms with Crippen molar-refractivity contribution in [3.05, 3.63) is 64.2 Å². The van der Waals surface area contributed by atoms with Crippen LogP contribution in [0.3, 0.4) is 0 Å². The smallest absolute Gasteiger partial charge is 0.273 e. The van der Waals surface area contributed by atoms with Crippen molar-refractivity contribution in [1.29, 1.82) is 0 Å². The molecule has 1 aliphatic rings. The van der Waals surface area contributed by atoms with Crippen LogP contribution in [0.15, 0.2) is 47.4 Å². The molecule has 0 N–H and O–H groups in total. The van der Waals surface area contributed by atoms with E-state index in [0.29, 0.717) is 31.5 Å². The van der Waals surface area contributed by atoms with Crippen LogP contribution in [0.5, 0.6) is 5.75 Å². The minimum atomic E-state index is -4.04. The molecule has 2 aromatic rings. The van der Waals surface area contributed by atoms with Gasteiger partial charge in [0.25, 0.3) is 5.69 Å². The maximum absolute atomic E-state index is 13.9. The van der Waals surface area contributed by atoms with E-state index in [2.05, 4.69) is 0 Å². The predicted octanol–water partition coefficient (Wildman–Crippen LogP) is 2.26. The molecule has 0 aromatic heterocycles. The molecule has 0 radical (unpaired) electrons. The Balaban J connectivity index is 1.51. The maximum Gasteiger partial charge on any atom is 0.273 e. The van der Waals surface area contributed by atoms with Crippen LogP contribution in [0.1, 0.15) is 0 Å². The summed E-state index contributed by atoms with van der Waals surface area (Å²) in [4.78, 5) is 11.7. The maximum atomic E-state index is 13.9. The molecule has 2 aromatic carbocycles. The first kappa shape index (κ1) is 21.1. The van der Waals surface area contributed by atoms with E-state index >= 15 is 0 Å². The summed E-state index contributed by atoms with van der Waals surface area (Å²) >= 11 is 0. The number of nitro groups is 1. The number of halogens is 2. The van der Waals surface area contributed by atoms with Gasteiger partial charge in [0.15, 0.2) is 0 Å². The molecule has 0 aliphatic carbocycles. The number of ether oxygens (including phenoxy) is 1. The van der Waals surface area contributed by atoms with Crippen LogP contribution in [0.4, 0.5) is 14.5 Å². The normalized spacial score (nSPS) is 15.9. The summed E-state index contributed by atoms with van der Waals surface area (Å²) in [5.41, 5.74) is -0.0608. The second kappa shape index (κ2) is 8.80. The monoisotopic (exact) mass is 427 g/mol. The Bertz CT molecular complexity index is 995. The Morgan fingerprint density at radius 2 is 1.79 bits per heavy atom. The van der Waals surface area contributed by atoms with E-state index in [4.69, 9.17) is 4.74 Å². The van der Waals surface area contributed by atoms with Crippen LogP contribution in [0.25, 0.3) is 0 Å². The highest BCUT2D eigenvalue weighted by molar-refractivity contribution is 7.89. The lowest BCUT2D eigenvalue weighted by Crippen LogP contribution is -2.49. The Hall–Kier alpha value is -2.63. The number of hydrogen-bond donors (Lipinski definition) is 0. The summed E-state index contributed by atoms with van der Waals surface area (Å²) in [6, 6.07) is 8.25. The van der Waals surface area contributed by atoms with Gasteiger partial charge in [0.1, 0.15) is 28.9 Å². The number of hydrogen-bond acceptors (Lipinski definition) is 6. The molecule has 0 amide bonds. The van der Waals surface area contributed by atoms with Gasteiger partial charge in [-0.2, -0.15) is 4.31 Å². The first-order valence-corrected chi connectivity index (χ1v) is 10.3. The van der Waals surface area contributed by atoms with Crippen LogP contribution in [-0.4, -0.2) is 61.9 Å². The Labute approximate surface area is 166 Å². The van der Waals surface area contributed by atoms with Crippen LogP contribution in [0, 0.1) is 21.7 Å². The summed E-state index contributed by atoms with van der Waals surface area (Å²) in [6.07, 6.45) is 0. The van der Waals surface area contributed by atoms with Crippen molar-refractivity contribution in [1.82, 2.24) is 9.21 Å². The Morgan fingerprint density at radius 3 is 2.45 bits per heavy atom. The van der Waals surface area contributed by atoms with Gasteiger partial charge in [-0.3, -0.25) is 15.0 Å². The van der Waals surface area contributed by atoms with Gasteiger partial charge in [0.2, 0.25) is 10.0 Å². The predicted molar refractivity (Wildman–Crippen MR) is 100 cm³/mol. The van der Waals surface area contributed by atoms with E-state index in [0.717, 1.165) is 12.1 Å². The molecule has 1 saturated heterocycles. The van der Waals surface area contributed by atoms with E-state index in [1.807, 2.05) is 4.90 Å². The number of rotatable bonds is 7. The molecule has 11 heteroatoms. The van der Waals surface area contributed by atoms with Crippen molar-refractivity contribution in [3.8, 4) is 5.75 Å². The van der Waals surface area contributed by atoms with Gasteiger partial charge in [0.05, 0.1) is 11.0 Å². The molecule has 1 aliphatic heterocycles. The molecular weight excluding hydrogens is 408 g/mol. The van der Waals surface area contributed by atoms with Crippen molar-refractivity contribution in [2.24, 2.45) is 0 Å². The average molecular weight is 427 g/mol. The fraction of sp³-hybridized carbons (Fsp3) is 0.333. The zero-order valence-corrected chi connectivity index (χ0v) is 16.1. The number of nitro benzene ring substituents is 1. The second-order valence-corrected chi connectivity index (χ2v) is 8.33. The van der Waals surface area contributed by atoms with Crippen LogP contribution in [-0.2, 0) is 10.0 Å². The quantitative estimate of drug-likeness (QED) is 0.497. The lowest BCUT2D eigenvalue weighted by molar-refractivity contribution is -0.384. The topological polar surface area (TPSA) is 93.0 Å². The molecule has 0 bridgehead atoms. The summed E-state index contributed by atoms with van der Waals surface area (Å²) in [5.74, 6) is -1.57. The molecule has 29 heavy (non-hydrogen) atoms. The van der Waals surface area contributed by atoms with Crippen molar-refractivity contribution in [2.45, 2.75) is 4.90 Å². The molecule has 0 unspecified atom stereocenters. The average Bonchev–Trinajstić information content (AvgIpc) is 2.68. The minimum Gasteiger partial charge on any atom is -0.492 e.